The molecule has 4 heteroatoms. The van der Waals surface area contributed by atoms with Gasteiger partial charge < -0.3 is 0 Å². The number of nitrogens with zero attached hydrogens (tertiary/aromatic N) is 1. The van der Waals surface area contributed by atoms with Gasteiger partial charge in [0.2, 0.25) is 0 Å². The fourth-order valence-electron chi connectivity index (χ4n) is 1.25. The summed E-state index contributed by atoms with van der Waals surface area (Å²) < 4.78 is 0.898. The zero-order valence-electron chi connectivity index (χ0n) is 7.02. The highest BCUT2D eigenvalue weighted by Gasteiger charge is 2.07. The molecule has 0 radical (unpaired) electrons. The van der Waals surface area contributed by atoms with Gasteiger partial charge in [-0.1, -0.05) is 6.07 Å². The maximum Gasteiger partial charge on any atom is 0.151 e. The highest BCUT2D eigenvalue weighted by Crippen LogP contribution is 2.32. The second-order valence-electron chi connectivity index (χ2n) is 2.76. The Hall–Kier alpha value is -1.31. The number of hydrogen-bond donors (Lipinski definition) is 1. The Balaban J connectivity index is 2.83. The molecule has 0 spiro atoms. The van der Waals surface area contributed by atoms with Crippen LogP contribution in [-0.2, 0) is 0 Å². The molecule has 68 valence electrons. The molecule has 0 saturated carbocycles. The van der Waals surface area contributed by atoms with Gasteiger partial charge >= 0.3 is 0 Å². The van der Waals surface area contributed by atoms with Crippen molar-refractivity contribution in [3.05, 3.63) is 28.6 Å². The quantitative estimate of drug-likeness (QED) is 0.592. The van der Waals surface area contributed by atoms with Crippen LogP contribution >= 0.6 is 24.0 Å². The van der Waals surface area contributed by atoms with Crippen LogP contribution in [-0.4, -0.2) is 6.29 Å². The minimum Gasteiger partial charge on any atom is -0.298 e. The third kappa shape index (κ3) is 1.31. The van der Waals surface area contributed by atoms with Crippen LogP contribution in [0.5, 0.6) is 0 Å². The number of fused-ring (bicyclic) bond motifs is 1. The number of carbonyl (C=O) groups excluding carboxylic acids is 1. The lowest BCUT2D eigenvalue weighted by atomic mass is 10.2. The second-order valence-corrected chi connectivity index (χ2v) is 4.26. The molecule has 1 aromatic heterocycles. The summed E-state index contributed by atoms with van der Waals surface area (Å²) in [5.74, 6) is 0. The van der Waals surface area contributed by atoms with Gasteiger partial charge in [-0.3, -0.25) is 4.79 Å². The Bertz CT molecular complexity index is 551. The van der Waals surface area contributed by atoms with E-state index in [-0.39, 0.29) is 0 Å². The molecule has 1 heterocycles. The standard InChI is InChI=1S/C10H5NOS2/c11-4-8-3-6-1-2-7(5-12)9(13)10(6)14-8/h1-3,5,13H. The molecule has 0 unspecified atom stereocenters. The van der Waals surface area contributed by atoms with E-state index in [0.717, 1.165) is 16.4 Å². The number of aldehydes is 1. The molecule has 2 rings (SSSR count). The molecule has 0 aliphatic carbocycles. The SMILES string of the molecule is N#Cc1cc2ccc(C=O)c(S)c2s1. The van der Waals surface area contributed by atoms with Gasteiger partial charge in [0.1, 0.15) is 10.9 Å². The molecular weight excluding hydrogens is 214 g/mol. The van der Waals surface area contributed by atoms with Gasteiger partial charge in [0.15, 0.2) is 6.29 Å². The summed E-state index contributed by atoms with van der Waals surface area (Å²) in [6.45, 7) is 0. The van der Waals surface area contributed by atoms with E-state index in [1.807, 2.05) is 6.07 Å². The van der Waals surface area contributed by atoms with Gasteiger partial charge in [-0.25, -0.2) is 0 Å². The molecule has 0 fully saturated rings. The molecule has 0 N–H and O–H groups in total. The summed E-state index contributed by atoms with van der Waals surface area (Å²) in [6, 6.07) is 7.42. The third-order valence-electron chi connectivity index (χ3n) is 1.93. The number of benzene rings is 1. The number of rotatable bonds is 1. The molecule has 0 bridgehead atoms. The summed E-state index contributed by atoms with van der Waals surface area (Å²) in [4.78, 5) is 11.9. The van der Waals surface area contributed by atoms with Crippen molar-refractivity contribution < 1.29 is 4.79 Å². The molecule has 0 atom stereocenters. The maximum atomic E-state index is 10.6. The van der Waals surface area contributed by atoms with E-state index in [1.165, 1.54) is 11.3 Å². The smallest absolute Gasteiger partial charge is 0.151 e. The average Bonchev–Trinajstić information content (AvgIpc) is 2.62. The Labute approximate surface area is 90.2 Å². The van der Waals surface area contributed by atoms with E-state index in [4.69, 9.17) is 5.26 Å². The fraction of sp³-hybridized carbons (Fsp3) is 0. The van der Waals surface area contributed by atoms with Crippen molar-refractivity contribution in [2.45, 2.75) is 4.90 Å². The van der Waals surface area contributed by atoms with Gasteiger partial charge in [0, 0.05) is 15.2 Å². The summed E-state index contributed by atoms with van der Waals surface area (Å²) in [5, 5.41) is 9.68. The lowest BCUT2D eigenvalue weighted by Gasteiger charge is -1.97. The molecule has 0 amide bonds. The summed E-state index contributed by atoms with van der Waals surface area (Å²) >= 11 is 5.62. The van der Waals surface area contributed by atoms with Gasteiger partial charge in [0.05, 0.1) is 0 Å². The summed E-state index contributed by atoms with van der Waals surface area (Å²) in [5.41, 5.74) is 0.562. The molecule has 0 aliphatic rings. The van der Waals surface area contributed by atoms with Gasteiger partial charge in [-0.15, -0.1) is 24.0 Å². The Kier molecular flexibility index (Phi) is 2.28. The number of carbonyl (C=O) groups is 1. The average molecular weight is 219 g/mol. The number of hydrogen-bond acceptors (Lipinski definition) is 4. The topological polar surface area (TPSA) is 40.9 Å². The highest BCUT2D eigenvalue weighted by atomic mass is 32.1. The fourth-order valence-corrected chi connectivity index (χ4v) is 2.56. The molecule has 14 heavy (non-hydrogen) atoms. The predicted molar refractivity (Wildman–Crippen MR) is 59.2 cm³/mol. The molecular formula is C10H5NOS2. The minimum absolute atomic E-state index is 0.562. The third-order valence-corrected chi connectivity index (χ3v) is 3.64. The Morgan fingerprint density at radius 2 is 2.29 bits per heavy atom. The first kappa shape index (κ1) is 9.25. The molecule has 1 aromatic carbocycles. The van der Waals surface area contributed by atoms with Crippen molar-refractivity contribution in [1.82, 2.24) is 0 Å². The van der Waals surface area contributed by atoms with Crippen molar-refractivity contribution in [2.24, 2.45) is 0 Å². The lowest BCUT2D eigenvalue weighted by molar-refractivity contribution is 0.112. The van der Waals surface area contributed by atoms with E-state index in [1.54, 1.807) is 12.1 Å². The molecule has 2 aromatic rings. The first-order valence-electron chi connectivity index (χ1n) is 3.87. The summed E-state index contributed by atoms with van der Waals surface area (Å²) in [6.07, 6.45) is 0.771. The number of thiophene rings is 1. The van der Waals surface area contributed by atoms with Crippen molar-refractivity contribution in [3.8, 4) is 6.07 Å². The largest absolute Gasteiger partial charge is 0.298 e. The van der Waals surface area contributed by atoms with Crippen molar-refractivity contribution in [2.75, 3.05) is 0 Å². The van der Waals surface area contributed by atoms with Gasteiger partial charge in [-0.2, -0.15) is 5.26 Å². The van der Waals surface area contributed by atoms with E-state index in [9.17, 15) is 4.79 Å². The first-order chi connectivity index (χ1) is 6.76. The highest BCUT2D eigenvalue weighted by molar-refractivity contribution is 7.80. The van der Waals surface area contributed by atoms with E-state index in [0.29, 0.717) is 15.3 Å². The summed E-state index contributed by atoms with van der Waals surface area (Å²) in [7, 11) is 0. The second kappa shape index (κ2) is 3.45. The Morgan fingerprint density at radius 1 is 1.50 bits per heavy atom. The van der Waals surface area contributed by atoms with E-state index >= 15 is 0 Å². The molecule has 0 saturated heterocycles. The zero-order valence-corrected chi connectivity index (χ0v) is 8.73. The van der Waals surface area contributed by atoms with Crippen molar-refractivity contribution in [1.29, 1.82) is 5.26 Å². The van der Waals surface area contributed by atoms with Crippen LogP contribution in [0.1, 0.15) is 15.2 Å². The van der Waals surface area contributed by atoms with Gasteiger partial charge in [-0.05, 0) is 17.5 Å². The molecule has 0 aliphatic heterocycles. The predicted octanol–water partition coefficient (Wildman–Crippen LogP) is 2.87. The number of thiol groups is 1. The monoisotopic (exact) mass is 219 g/mol. The van der Waals surface area contributed by atoms with E-state index < -0.39 is 0 Å². The van der Waals surface area contributed by atoms with Crippen LogP contribution in [0.3, 0.4) is 0 Å². The lowest BCUT2D eigenvalue weighted by Crippen LogP contribution is -1.80. The maximum absolute atomic E-state index is 10.6. The van der Waals surface area contributed by atoms with Crippen LogP contribution in [0.2, 0.25) is 0 Å². The minimum atomic E-state index is 0.562. The zero-order chi connectivity index (χ0) is 10.1. The normalized spacial score (nSPS) is 10.0. The molecule has 2 nitrogen and oxygen atoms in total. The van der Waals surface area contributed by atoms with E-state index in [2.05, 4.69) is 18.7 Å². The van der Waals surface area contributed by atoms with Crippen LogP contribution in [0.4, 0.5) is 0 Å². The van der Waals surface area contributed by atoms with Crippen LogP contribution in [0.15, 0.2) is 23.1 Å². The Morgan fingerprint density at radius 3 is 2.93 bits per heavy atom. The first-order valence-corrected chi connectivity index (χ1v) is 5.13. The van der Waals surface area contributed by atoms with Crippen LogP contribution in [0.25, 0.3) is 10.1 Å². The number of nitriles is 1. The van der Waals surface area contributed by atoms with Crippen molar-refractivity contribution >= 4 is 40.3 Å². The van der Waals surface area contributed by atoms with Crippen LogP contribution < -0.4 is 0 Å². The van der Waals surface area contributed by atoms with Crippen LogP contribution in [0, 0.1) is 11.3 Å². The van der Waals surface area contributed by atoms with Crippen molar-refractivity contribution in [3.63, 3.8) is 0 Å². The van der Waals surface area contributed by atoms with Gasteiger partial charge in [0.25, 0.3) is 0 Å².